The van der Waals surface area contributed by atoms with Gasteiger partial charge in [-0.3, -0.25) is 15.0 Å². The standard InChI is InChI=1S/C19H20BrN3O3/c1-12-4-9-17(26-3)16(10-12)21-18(24)11-13(2)22-23-19(25)14-5-7-15(20)8-6-14/h4-11,22H,1-3H3,(H,21,24)(H,23,25). The molecule has 0 atom stereocenters. The average Bonchev–Trinajstić information content (AvgIpc) is 2.60. The third-order valence-corrected chi connectivity index (χ3v) is 3.97. The maximum atomic E-state index is 12.2. The fraction of sp³-hybridized carbons (Fsp3) is 0.158. The van der Waals surface area contributed by atoms with Crippen LogP contribution in [0.4, 0.5) is 5.69 Å². The van der Waals surface area contributed by atoms with Crippen LogP contribution in [0.25, 0.3) is 0 Å². The first-order chi connectivity index (χ1) is 12.4. The smallest absolute Gasteiger partial charge is 0.269 e. The van der Waals surface area contributed by atoms with Gasteiger partial charge in [-0.25, -0.2) is 0 Å². The summed E-state index contributed by atoms with van der Waals surface area (Å²) in [6.45, 7) is 3.60. The van der Waals surface area contributed by atoms with Crippen molar-refractivity contribution in [3.05, 3.63) is 69.8 Å². The van der Waals surface area contributed by atoms with E-state index < -0.39 is 0 Å². The van der Waals surface area contributed by atoms with Crippen LogP contribution in [0, 0.1) is 6.92 Å². The van der Waals surface area contributed by atoms with E-state index in [-0.39, 0.29) is 11.8 Å². The molecule has 0 aliphatic carbocycles. The molecule has 0 saturated carbocycles. The molecule has 0 bridgehead atoms. The lowest BCUT2D eigenvalue weighted by Gasteiger charge is -2.11. The van der Waals surface area contributed by atoms with E-state index in [9.17, 15) is 9.59 Å². The highest BCUT2D eigenvalue weighted by Gasteiger charge is 2.08. The van der Waals surface area contributed by atoms with Crippen molar-refractivity contribution in [2.45, 2.75) is 13.8 Å². The van der Waals surface area contributed by atoms with E-state index in [2.05, 4.69) is 32.1 Å². The van der Waals surface area contributed by atoms with Crippen LogP contribution in [0.1, 0.15) is 22.8 Å². The molecule has 3 N–H and O–H groups in total. The molecule has 0 spiro atoms. The summed E-state index contributed by atoms with van der Waals surface area (Å²) in [7, 11) is 1.54. The molecule has 136 valence electrons. The summed E-state index contributed by atoms with van der Waals surface area (Å²) in [6, 6.07) is 12.4. The van der Waals surface area contributed by atoms with Gasteiger partial charge in [-0.2, -0.15) is 0 Å². The van der Waals surface area contributed by atoms with E-state index in [0.29, 0.717) is 22.7 Å². The maximum absolute atomic E-state index is 12.2. The zero-order valence-electron chi connectivity index (χ0n) is 14.7. The number of anilines is 1. The molecule has 2 rings (SSSR count). The number of carbonyl (C=O) groups excluding carboxylic acids is 2. The average molecular weight is 418 g/mol. The monoisotopic (exact) mass is 417 g/mol. The van der Waals surface area contributed by atoms with E-state index in [1.54, 1.807) is 44.4 Å². The van der Waals surface area contributed by atoms with Crippen molar-refractivity contribution in [2.75, 3.05) is 12.4 Å². The Bertz CT molecular complexity index is 832. The molecule has 0 aromatic heterocycles. The molecule has 0 heterocycles. The van der Waals surface area contributed by atoms with Gasteiger partial charge < -0.3 is 15.5 Å². The highest BCUT2D eigenvalue weighted by atomic mass is 79.9. The molecule has 0 radical (unpaired) electrons. The SMILES string of the molecule is COc1ccc(C)cc1NC(=O)C=C(C)NNC(=O)c1ccc(Br)cc1. The molecule has 0 aliphatic heterocycles. The number of methoxy groups -OCH3 is 1. The molecule has 26 heavy (non-hydrogen) atoms. The number of allylic oxidation sites excluding steroid dienone is 1. The molecule has 6 nitrogen and oxygen atoms in total. The van der Waals surface area contributed by atoms with Crippen LogP contribution in [0.2, 0.25) is 0 Å². The number of rotatable bonds is 6. The number of amides is 2. The minimum absolute atomic E-state index is 0.300. The van der Waals surface area contributed by atoms with Gasteiger partial charge in [0.1, 0.15) is 5.75 Å². The summed E-state index contributed by atoms with van der Waals surface area (Å²) in [5.41, 5.74) is 7.83. The van der Waals surface area contributed by atoms with Crippen molar-refractivity contribution < 1.29 is 14.3 Å². The number of hydrogen-bond acceptors (Lipinski definition) is 4. The minimum atomic E-state index is -0.336. The van der Waals surface area contributed by atoms with Crippen molar-refractivity contribution in [2.24, 2.45) is 0 Å². The third kappa shape index (κ3) is 5.63. The number of carbonyl (C=O) groups is 2. The lowest BCUT2D eigenvalue weighted by atomic mass is 10.2. The molecular weight excluding hydrogens is 398 g/mol. The number of hydrogen-bond donors (Lipinski definition) is 3. The van der Waals surface area contributed by atoms with Crippen LogP contribution in [0.3, 0.4) is 0 Å². The van der Waals surface area contributed by atoms with Gasteiger partial charge in [0.05, 0.1) is 12.8 Å². The molecule has 0 unspecified atom stereocenters. The number of halogens is 1. The third-order valence-electron chi connectivity index (χ3n) is 3.44. The lowest BCUT2D eigenvalue weighted by molar-refractivity contribution is -0.112. The van der Waals surface area contributed by atoms with Crippen molar-refractivity contribution in [3.63, 3.8) is 0 Å². The summed E-state index contributed by atoms with van der Waals surface area (Å²) in [5, 5.41) is 2.76. The number of aryl methyl sites for hydroxylation is 1. The number of benzene rings is 2. The largest absolute Gasteiger partial charge is 0.495 e. The summed E-state index contributed by atoms with van der Waals surface area (Å²) in [6.07, 6.45) is 1.35. The van der Waals surface area contributed by atoms with E-state index in [1.165, 1.54) is 6.08 Å². The zero-order valence-corrected chi connectivity index (χ0v) is 16.3. The van der Waals surface area contributed by atoms with Crippen molar-refractivity contribution in [1.29, 1.82) is 0 Å². The van der Waals surface area contributed by atoms with Gasteiger partial charge in [-0.15, -0.1) is 0 Å². The van der Waals surface area contributed by atoms with E-state index in [1.807, 2.05) is 19.1 Å². The van der Waals surface area contributed by atoms with Crippen LogP contribution >= 0.6 is 15.9 Å². The van der Waals surface area contributed by atoms with Crippen LogP contribution in [0.5, 0.6) is 5.75 Å². The predicted octanol–water partition coefficient (Wildman–Crippen LogP) is 3.54. The lowest BCUT2D eigenvalue weighted by Crippen LogP contribution is -2.36. The minimum Gasteiger partial charge on any atom is -0.495 e. The Morgan fingerprint density at radius 1 is 1.08 bits per heavy atom. The summed E-state index contributed by atoms with van der Waals surface area (Å²) >= 11 is 3.32. The van der Waals surface area contributed by atoms with Crippen molar-refractivity contribution in [3.8, 4) is 5.75 Å². The normalized spacial score (nSPS) is 10.8. The Balaban J connectivity index is 1.94. The second kappa shape index (κ2) is 9.05. The van der Waals surface area contributed by atoms with Gasteiger partial charge in [-0.05, 0) is 55.8 Å². The Hall–Kier alpha value is -2.80. The van der Waals surface area contributed by atoms with E-state index in [0.717, 1.165) is 10.0 Å². The summed E-state index contributed by atoms with van der Waals surface area (Å²) in [4.78, 5) is 24.2. The Kier molecular flexibility index (Phi) is 6.80. The van der Waals surface area contributed by atoms with E-state index >= 15 is 0 Å². The van der Waals surface area contributed by atoms with Gasteiger partial charge in [0.15, 0.2) is 0 Å². The predicted molar refractivity (Wildman–Crippen MR) is 105 cm³/mol. The van der Waals surface area contributed by atoms with Crippen LogP contribution < -0.4 is 20.9 Å². The Morgan fingerprint density at radius 3 is 2.42 bits per heavy atom. The summed E-state index contributed by atoms with van der Waals surface area (Å²) in [5.74, 6) is -0.0608. The highest BCUT2D eigenvalue weighted by molar-refractivity contribution is 9.10. The van der Waals surface area contributed by atoms with Crippen LogP contribution in [-0.4, -0.2) is 18.9 Å². The molecule has 0 fully saturated rings. The van der Waals surface area contributed by atoms with Crippen LogP contribution in [0.15, 0.2) is 58.7 Å². The van der Waals surface area contributed by atoms with E-state index in [4.69, 9.17) is 4.74 Å². The first-order valence-corrected chi connectivity index (χ1v) is 8.64. The number of ether oxygens (including phenoxy) is 1. The second-order valence-electron chi connectivity index (χ2n) is 5.61. The number of nitrogens with one attached hydrogen (secondary N) is 3. The fourth-order valence-electron chi connectivity index (χ4n) is 2.15. The number of hydrazine groups is 1. The molecule has 2 aromatic rings. The topological polar surface area (TPSA) is 79.5 Å². The molecule has 7 heteroatoms. The Labute approximate surface area is 160 Å². The fourth-order valence-corrected chi connectivity index (χ4v) is 2.41. The maximum Gasteiger partial charge on any atom is 0.269 e. The molecule has 0 aliphatic rings. The molecule has 2 amide bonds. The molecular formula is C19H20BrN3O3. The zero-order chi connectivity index (χ0) is 19.1. The molecule has 2 aromatic carbocycles. The quantitative estimate of drug-likeness (QED) is 0.495. The van der Waals surface area contributed by atoms with Gasteiger partial charge >= 0.3 is 0 Å². The van der Waals surface area contributed by atoms with Crippen LogP contribution in [-0.2, 0) is 4.79 Å². The van der Waals surface area contributed by atoms with Crippen molar-refractivity contribution in [1.82, 2.24) is 10.9 Å². The highest BCUT2D eigenvalue weighted by Crippen LogP contribution is 2.25. The first kappa shape index (κ1) is 19.5. The van der Waals surface area contributed by atoms with Gasteiger partial charge in [0, 0.05) is 21.8 Å². The van der Waals surface area contributed by atoms with Gasteiger partial charge in [0.2, 0.25) is 5.91 Å². The second-order valence-corrected chi connectivity index (χ2v) is 6.52. The van der Waals surface area contributed by atoms with Crippen molar-refractivity contribution >= 4 is 33.4 Å². The Morgan fingerprint density at radius 2 is 1.77 bits per heavy atom. The first-order valence-electron chi connectivity index (χ1n) is 7.85. The molecule has 0 saturated heterocycles. The van der Waals surface area contributed by atoms with Gasteiger partial charge in [-0.1, -0.05) is 22.0 Å². The summed E-state index contributed by atoms with van der Waals surface area (Å²) < 4.78 is 6.12. The van der Waals surface area contributed by atoms with Gasteiger partial charge in [0.25, 0.3) is 5.91 Å².